The number of benzene rings is 1. The first-order valence-corrected chi connectivity index (χ1v) is 7.43. The van der Waals surface area contributed by atoms with E-state index in [1.165, 1.54) is 12.0 Å². The molecule has 2 rings (SSSR count). The third-order valence-electron chi connectivity index (χ3n) is 3.91. The molecule has 0 amide bonds. The van der Waals surface area contributed by atoms with E-state index in [9.17, 15) is 4.39 Å². The van der Waals surface area contributed by atoms with Gasteiger partial charge in [0.2, 0.25) is 0 Å². The Bertz CT molecular complexity index is 431. The maximum absolute atomic E-state index is 13.3. The fourth-order valence-corrected chi connectivity index (χ4v) is 2.97. The predicted molar refractivity (Wildman–Crippen MR) is 77.0 cm³/mol. The SMILES string of the molecule is CCCNC(c1ccc(F)c(Br)c1)C1CC1(C)C. The molecule has 1 fully saturated rings. The van der Waals surface area contributed by atoms with Gasteiger partial charge in [0, 0.05) is 6.04 Å². The van der Waals surface area contributed by atoms with Gasteiger partial charge in [0.05, 0.1) is 4.47 Å². The minimum atomic E-state index is -0.192. The van der Waals surface area contributed by atoms with Crippen molar-refractivity contribution >= 4 is 15.9 Å². The standard InChI is InChI=1S/C15H21BrFN/c1-4-7-18-14(11-9-15(11,2)3)10-5-6-13(17)12(16)8-10/h5-6,8,11,14,18H,4,7,9H2,1-3H3. The average molecular weight is 314 g/mol. The van der Waals surface area contributed by atoms with E-state index in [-0.39, 0.29) is 5.82 Å². The van der Waals surface area contributed by atoms with E-state index in [1.54, 1.807) is 6.07 Å². The summed E-state index contributed by atoms with van der Waals surface area (Å²) in [5.74, 6) is 0.462. The summed E-state index contributed by atoms with van der Waals surface area (Å²) >= 11 is 3.28. The molecule has 100 valence electrons. The van der Waals surface area contributed by atoms with Gasteiger partial charge in [-0.25, -0.2) is 4.39 Å². The van der Waals surface area contributed by atoms with Crippen molar-refractivity contribution in [2.24, 2.45) is 11.3 Å². The first kappa shape index (κ1) is 14.0. The Kier molecular flexibility index (Phi) is 4.12. The molecule has 0 saturated heterocycles. The predicted octanol–water partition coefficient (Wildman–Crippen LogP) is 4.68. The molecule has 2 atom stereocenters. The smallest absolute Gasteiger partial charge is 0.137 e. The van der Waals surface area contributed by atoms with Gasteiger partial charge in [0.25, 0.3) is 0 Å². The van der Waals surface area contributed by atoms with E-state index >= 15 is 0 Å². The highest BCUT2D eigenvalue weighted by atomic mass is 79.9. The van der Waals surface area contributed by atoms with Crippen LogP contribution in [0.2, 0.25) is 0 Å². The lowest BCUT2D eigenvalue weighted by Gasteiger charge is -2.21. The van der Waals surface area contributed by atoms with Gasteiger partial charge in [0.15, 0.2) is 0 Å². The van der Waals surface area contributed by atoms with Gasteiger partial charge in [-0.15, -0.1) is 0 Å². The van der Waals surface area contributed by atoms with Crippen LogP contribution in [0.25, 0.3) is 0 Å². The van der Waals surface area contributed by atoms with Crippen LogP contribution in [0.5, 0.6) is 0 Å². The Hall–Kier alpha value is -0.410. The van der Waals surface area contributed by atoms with Gasteiger partial charge in [-0.1, -0.05) is 26.8 Å². The molecule has 3 heteroatoms. The van der Waals surface area contributed by atoms with Crippen LogP contribution in [0.1, 0.15) is 45.2 Å². The molecule has 1 aromatic rings. The van der Waals surface area contributed by atoms with E-state index < -0.39 is 0 Å². The number of nitrogens with one attached hydrogen (secondary N) is 1. The van der Waals surface area contributed by atoms with E-state index in [0.29, 0.717) is 21.8 Å². The number of hydrogen-bond donors (Lipinski definition) is 1. The summed E-state index contributed by atoms with van der Waals surface area (Å²) in [5, 5.41) is 3.61. The molecular weight excluding hydrogens is 293 g/mol. The Balaban J connectivity index is 2.20. The Morgan fingerprint density at radius 1 is 1.50 bits per heavy atom. The Morgan fingerprint density at radius 3 is 2.67 bits per heavy atom. The molecule has 0 aliphatic heterocycles. The van der Waals surface area contributed by atoms with Crippen LogP contribution < -0.4 is 5.32 Å². The van der Waals surface area contributed by atoms with Crippen LogP contribution in [0, 0.1) is 17.2 Å². The topological polar surface area (TPSA) is 12.0 Å². The van der Waals surface area contributed by atoms with Crippen molar-refractivity contribution in [2.75, 3.05) is 6.54 Å². The zero-order chi connectivity index (χ0) is 13.3. The molecular formula is C15H21BrFN. The zero-order valence-electron chi connectivity index (χ0n) is 11.3. The monoisotopic (exact) mass is 313 g/mol. The van der Waals surface area contributed by atoms with Crippen molar-refractivity contribution < 1.29 is 4.39 Å². The zero-order valence-corrected chi connectivity index (χ0v) is 12.8. The third-order valence-corrected chi connectivity index (χ3v) is 4.52. The fraction of sp³-hybridized carbons (Fsp3) is 0.600. The highest BCUT2D eigenvalue weighted by Gasteiger charge is 2.50. The molecule has 0 aromatic heterocycles. The highest BCUT2D eigenvalue weighted by Crippen LogP contribution is 2.57. The highest BCUT2D eigenvalue weighted by molar-refractivity contribution is 9.10. The molecule has 2 unspecified atom stereocenters. The molecule has 1 aliphatic rings. The summed E-state index contributed by atoms with van der Waals surface area (Å²) in [5.41, 5.74) is 1.60. The van der Waals surface area contributed by atoms with Gasteiger partial charge in [-0.3, -0.25) is 0 Å². The summed E-state index contributed by atoms with van der Waals surface area (Å²) < 4.78 is 13.9. The van der Waals surface area contributed by atoms with Crippen molar-refractivity contribution in [3.05, 3.63) is 34.1 Å². The maximum Gasteiger partial charge on any atom is 0.137 e. The second-order valence-electron chi connectivity index (χ2n) is 5.90. The molecule has 1 aliphatic carbocycles. The van der Waals surface area contributed by atoms with Crippen molar-refractivity contribution in [1.82, 2.24) is 5.32 Å². The van der Waals surface area contributed by atoms with Crippen molar-refractivity contribution in [3.8, 4) is 0 Å². The summed E-state index contributed by atoms with van der Waals surface area (Å²) in [6.45, 7) is 7.78. The summed E-state index contributed by atoms with van der Waals surface area (Å²) in [6, 6.07) is 5.71. The fourth-order valence-electron chi connectivity index (χ4n) is 2.57. The van der Waals surface area contributed by atoms with Crippen LogP contribution in [0.15, 0.2) is 22.7 Å². The van der Waals surface area contributed by atoms with Crippen LogP contribution in [0.3, 0.4) is 0 Å². The van der Waals surface area contributed by atoms with E-state index in [2.05, 4.69) is 42.0 Å². The van der Waals surface area contributed by atoms with Gasteiger partial charge in [-0.2, -0.15) is 0 Å². The molecule has 0 heterocycles. The van der Waals surface area contributed by atoms with E-state index in [4.69, 9.17) is 0 Å². The van der Waals surface area contributed by atoms with Crippen molar-refractivity contribution in [2.45, 2.75) is 39.7 Å². The van der Waals surface area contributed by atoms with Gasteiger partial charge >= 0.3 is 0 Å². The quantitative estimate of drug-likeness (QED) is 0.832. The Morgan fingerprint density at radius 2 is 2.17 bits per heavy atom. The maximum atomic E-state index is 13.3. The molecule has 0 bridgehead atoms. The van der Waals surface area contributed by atoms with Crippen LogP contribution in [-0.4, -0.2) is 6.54 Å². The Labute approximate surface area is 117 Å². The normalized spacial score (nSPS) is 22.8. The number of rotatable bonds is 5. The van der Waals surface area contributed by atoms with Gasteiger partial charge in [0.1, 0.15) is 5.82 Å². The number of halogens is 2. The molecule has 1 N–H and O–H groups in total. The van der Waals surface area contributed by atoms with E-state index in [1.807, 2.05) is 12.1 Å². The van der Waals surface area contributed by atoms with Crippen LogP contribution in [-0.2, 0) is 0 Å². The van der Waals surface area contributed by atoms with Crippen LogP contribution >= 0.6 is 15.9 Å². The summed E-state index contributed by atoms with van der Waals surface area (Å²) in [6.07, 6.45) is 2.36. The lowest BCUT2D eigenvalue weighted by atomic mass is 9.97. The second-order valence-corrected chi connectivity index (χ2v) is 6.76. The largest absolute Gasteiger partial charge is 0.310 e. The molecule has 0 radical (unpaired) electrons. The second kappa shape index (κ2) is 5.30. The average Bonchev–Trinajstić information content (AvgIpc) is 2.93. The minimum Gasteiger partial charge on any atom is -0.310 e. The molecule has 18 heavy (non-hydrogen) atoms. The van der Waals surface area contributed by atoms with Gasteiger partial charge in [-0.05, 0) is 64.3 Å². The molecule has 1 nitrogen and oxygen atoms in total. The third kappa shape index (κ3) is 2.94. The molecule has 1 aromatic carbocycles. The van der Waals surface area contributed by atoms with Crippen molar-refractivity contribution in [1.29, 1.82) is 0 Å². The minimum absolute atomic E-state index is 0.192. The summed E-state index contributed by atoms with van der Waals surface area (Å²) in [4.78, 5) is 0. The number of hydrogen-bond acceptors (Lipinski definition) is 1. The first-order valence-electron chi connectivity index (χ1n) is 6.64. The van der Waals surface area contributed by atoms with Crippen LogP contribution in [0.4, 0.5) is 4.39 Å². The summed E-state index contributed by atoms with van der Waals surface area (Å²) in [7, 11) is 0. The molecule has 1 saturated carbocycles. The van der Waals surface area contributed by atoms with E-state index in [0.717, 1.165) is 13.0 Å². The lowest BCUT2D eigenvalue weighted by molar-refractivity contribution is 0.415. The lowest BCUT2D eigenvalue weighted by Crippen LogP contribution is -2.25. The van der Waals surface area contributed by atoms with Crippen molar-refractivity contribution in [3.63, 3.8) is 0 Å². The van der Waals surface area contributed by atoms with Gasteiger partial charge < -0.3 is 5.32 Å². The first-order chi connectivity index (χ1) is 8.45. The molecule has 0 spiro atoms.